The second-order valence-corrected chi connectivity index (χ2v) is 11.7. The van der Waals surface area contributed by atoms with Crippen LogP contribution in [0, 0.1) is 0 Å². The summed E-state index contributed by atoms with van der Waals surface area (Å²) in [5.41, 5.74) is 0.130. The number of aliphatic hydroxyl groups is 1. The van der Waals surface area contributed by atoms with E-state index in [1.807, 2.05) is 26.8 Å². The summed E-state index contributed by atoms with van der Waals surface area (Å²) in [6.07, 6.45) is 5.59. The van der Waals surface area contributed by atoms with Gasteiger partial charge in [-0.3, -0.25) is 4.90 Å². The zero-order valence-electron chi connectivity index (χ0n) is 19.4. The standard InChI is InChI=1S/C25H35ClN2O3S/c1-24(2,3)31-23(29)28-13-11-27(12-14-28)21(16-25(30)9-5-4-6-10-25)20-17-32-22-8-7-18(26)15-19(20)22/h7-8,15,17,21,30H,4-6,9-14,16H2,1-3H3. The number of rotatable bonds is 4. The molecule has 32 heavy (non-hydrogen) atoms. The Hall–Kier alpha value is -1.34. The van der Waals surface area contributed by atoms with Crippen molar-refractivity contribution in [3.05, 3.63) is 34.2 Å². The normalized spacial score (nSPS) is 21.0. The molecule has 5 nitrogen and oxygen atoms in total. The summed E-state index contributed by atoms with van der Waals surface area (Å²) in [7, 11) is 0. The van der Waals surface area contributed by atoms with Gasteiger partial charge in [0.25, 0.3) is 0 Å². The van der Waals surface area contributed by atoms with E-state index in [2.05, 4.69) is 22.4 Å². The van der Waals surface area contributed by atoms with E-state index in [1.165, 1.54) is 22.1 Å². The van der Waals surface area contributed by atoms with Crippen LogP contribution in [-0.4, -0.2) is 58.4 Å². The maximum Gasteiger partial charge on any atom is 0.410 e. The maximum absolute atomic E-state index is 12.5. The average molecular weight is 479 g/mol. The molecule has 1 saturated carbocycles. The van der Waals surface area contributed by atoms with Crippen LogP contribution in [0.2, 0.25) is 5.02 Å². The highest BCUT2D eigenvalue weighted by atomic mass is 35.5. The number of piperazine rings is 1. The molecule has 2 aromatic rings. The van der Waals surface area contributed by atoms with Gasteiger partial charge in [0.1, 0.15) is 5.60 Å². The number of nitrogens with zero attached hydrogens (tertiary/aromatic N) is 2. The Morgan fingerprint density at radius 2 is 1.88 bits per heavy atom. The third kappa shape index (κ3) is 5.58. The molecule has 1 aromatic carbocycles. The highest BCUT2D eigenvalue weighted by molar-refractivity contribution is 7.17. The number of ether oxygens (including phenoxy) is 1. The molecule has 0 bridgehead atoms. The SMILES string of the molecule is CC(C)(C)OC(=O)N1CCN(C(CC2(O)CCCCC2)c2csc3ccc(Cl)cc23)CC1. The van der Waals surface area contributed by atoms with Gasteiger partial charge in [0.2, 0.25) is 0 Å². The van der Waals surface area contributed by atoms with Crippen LogP contribution in [0.4, 0.5) is 4.79 Å². The molecule has 0 spiro atoms. The largest absolute Gasteiger partial charge is 0.444 e. The number of hydrogen-bond donors (Lipinski definition) is 1. The molecule has 0 radical (unpaired) electrons. The topological polar surface area (TPSA) is 53.0 Å². The van der Waals surface area contributed by atoms with Gasteiger partial charge in [-0.2, -0.15) is 0 Å². The lowest BCUT2D eigenvalue weighted by Crippen LogP contribution is -2.51. The van der Waals surface area contributed by atoms with Crippen molar-refractivity contribution in [2.24, 2.45) is 0 Å². The minimum atomic E-state index is -0.627. The lowest BCUT2D eigenvalue weighted by molar-refractivity contribution is -0.0364. The Morgan fingerprint density at radius 3 is 2.53 bits per heavy atom. The first-order valence-electron chi connectivity index (χ1n) is 11.7. The van der Waals surface area contributed by atoms with Crippen LogP contribution in [0.5, 0.6) is 0 Å². The Bertz CT molecular complexity index is 940. The van der Waals surface area contributed by atoms with E-state index in [4.69, 9.17) is 16.3 Å². The zero-order valence-corrected chi connectivity index (χ0v) is 21.0. The second-order valence-electron chi connectivity index (χ2n) is 10.3. The minimum absolute atomic E-state index is 0.103. The van der Waals surface area contributed by atoms with Gasteiger partial charge in [0, 0.05) is 41.9 Å². The number of hydrogen-bond acceptors (Lipinski definition) is 5. The Kier molecular flexibility index (Phi) is 7.06. The predicted molar refractivity (Wildman–Crippen MR) is 132 cm³/mol. The van der Waals surface area contributed by atoms with Crippen molar-refractivity contribution in [3.63, 3.8) is 0 Å². The predicted octanol–water partition coefficient (Wildman–Crippen LogP) is 6.23. The fourth-order valence-corrected chi connectivity index (χ4v) is 6.19. The summed E-state index contributed by atoms with van der Waals surface area (Å²) < 4.78 is 6.79. The molecular weight excluding hydrogens is 444 g/mol. The summed E-state index contributed by atoms with van der Waals surface area (Å²) in [4.78, 5) is 16.8. The van der Waals surface area contributed by atoms with Gasteiger partial charge in [-0.05, 0) is 74.6 Å². The van der Waals surface area contributed by atoms with E-state index >= 15 is 0 Å². The number of fused-ring (bicyclic) bond motifs is 1. The van der Waals surface area contributed by atoms with Crippen molar-refractivity contribution >= 4 is 39.1 Å². The van der Waals surface area contributed by atoms with Crippen molar-refractivity contribution in [3.8, 4) is 0 Å². The summed E-state index contributed by atoms with van der Waals surface area (Å²) >= 11 is 8.08. The van der Waals surface area contributed by atoms with Gasteiger partial charge in [-0.25, -0.2) is 4.79 Å². The first-order chi connectivity index (χ1) is 15.1. The van der Waals surface area contributed by atoms with Crippen LogP contribution in [0.3, 0.4) is 0 Å². The number of benzene rings is 1. The first kappa shape index (κ1) is 23.8. The van der Waals surface area contributed by atoms with E-state index in [-0.39, 0.29) is 12.1 Å². The monoisotopic (exact) mass is 478 g/mol. The lowest BCUT2D eigenvalue weighted by atomic mass is 9.78. The molecule has 2 fully saturated rings. The Balaban J connectivity index is 1.56. The molecule has 1 aliphatic heterocycles. The highest BCUT2D eigenvalue weighted by Gasteiger charge is 2.37. The van der Waals surface area contributed by atoms with E-state index < -0.39 is 11.2 Å². The van der Waals surface area contributed by atoms with Crippen molar-refractivity contribution in [2.75, 3.05) is 26.2 Å². The molecule has 7 heteroatoms. The molecule has 2 aliphatic rings. The molecule has 176 valence electrons. The molecule has 1 N–H and O–H groups in total. The van der Waals surface area contributed by atoms with Crippen molar-refractivity contribution in [1.29, 1.82) is 0 Å². The fraction of sp³-hybridized carbons (Fsp3) is 0.640. The molecule has 1 aromatic heterocycles. The van der Waals surface area contributed by atoms with Crippen LogP contribution in [0.25, 0.3) is 10.1 Å². The second kappa shape index (κ2) is 9.49. The van der Waals surface area contributed by atoms with Gasteiger partial charge in [-0.15, -0.1) is 11.3 Å². The Labute approximate surface area is 200 Å². The fourth-order valence-electron chi connectivity index (χ4n) is 5.03. The van der Waals surface area contributed by atoms with Gasteiger partial charge < -0.3 is 14.7 Å². The van der Waals surface area contributed by atoms with Crippen molar-refractivity contribution < 1.29 is 14.6 Å². The maximum atomic E-state index is 12.5. The van der Waals surface area contributed by atoms with Crippen molar-refractivity contribution in [1.82, 2.24) is 9.80 Å². The highest BCUT2D eigenvalue weighted by Crippen LogP contribution is 2.42. The van der Waals surface area contributed by atoms with Gasteiger partial charge in [0.05, 0.1) is 5.60 Å². The number of thiophene rings is 1. The average Bonchev–Trinajstić information content (AvgIpc) is 3.14. The third-order valence-electron chi connectivity index (χ3n) is 6.69. The van der Waals surface area contributed by atoms with Crippen LogP contribution >= 0.6 is 22.9 Å². The molecule has 1 amide bonds. The van der Waals surface area contributed by atoms with Crippen LogP contribution in [0.15, 0.2) is 23.6 Å². The number of carbonyl (C=O) groups is 1. The van der Waals surface area contributed by atoms with Gasteiger partial charge in [-0.1, -0.05) is 30.9 Å². The van der Waals surface area contributed by atoms with E-state index in [0.717, 1.165) is 50.2 Å². The number of halogens is 1. The molecule has 1 atom stereocenters. The smallest absolute Gasteiger partial charge is 0.410 e. The van der Waals surface area contributed by atoms with Crippen LogP contribution in [-0.2, 0) is 4.74 Å². The van der Waals surface area contributed by atoms with Crippen LogP contribution in [0.1, 0.15) is 70.9 Å². The summed E-state index contributed by atoms with van der Waals surface area (Å²) in [6.45, 7) is 8.48. The summed E-state index contributed by atoms with van der Waals surface area (Å²) in [5, 5.41) is 15.6. The number of amides is 1. The van der Waals surface area contributed by atoms with E-state index in [0.29, 0.717) is 13.1 Å². The first-order valence-corrected chi connectivity index (χ1v) is 13.0. The summed E-state index contributed by atoms with van der Waals surface area (Å²) in [6, 6.07) is 6.18. The third-order valence-corrected chi connectivity index (χ3v) is 7.91. The quantitative estimate of drug-likeness (QED) is 0.565. The van der Waals surface area contributed by atoms with E-state index in [9.17, 15) is 9.90 Å². The van der Waals surface area contributed by atoms with Gasteiger partial charge >= 0.3 is 6.09 Å². The molecule has 1 aliphatic carbocycles. The van der Waals surface area contributed by atoms with E-state index in [1.54, 1.807) is 16.2 Å². The van der Waals surface area contributed by atoms with Gasteiger partial charge in [0.15, 0.2) is 0 Å². The Morgan fingerprint density at radius 1 is 1.19 bits per heavy atom. The minimum Gasteiger partial charge on any atom is -0.444 e. The van der Waals surface area contributed by atoms with Crippen LogP contribution < -0.4 is 0 Å². The molecule has 2 heterocycles. The number of carbonyl (C=O) groups excluding carboxylic acids is 1. The lowest BCUT2D eigenvalue weighted by Gasteiger charge is -2.43. The zero-order chi connectivity index (χ0) is 22.9. The summed E-state index contributed by atoms with van der Waals surface area (Å²) in [5.74, 6) is 0. The molecule has 1 unspecified atom stereocenters. The van der Waals surface area contributed by atoms with Crippen molar-refractivity contribution in [2.45, 2.75) is 76.5 Å². The molecule has 4 rings (SSSR count). The molecule has 1 saturated heterocycles. The molecular formula is C25H35ClN2O3S.